The van der Waals surface area contributed by atoms with Crippen LogP contribution in [-0.4, -0.2) is 29.0 Å². The van der Waals surface area contributed by atoms with Crippen LogP contribution in [0.2, 0.25) is 5.02 Å². The van der Waals surface area contributed by atoms with Gasteiger partial charge in [0.05, 0.1) is 19.2 Å². The lowest BCUT2D eigenvalue weighted by atomic mass is 10.1. The summed E-state index contributed by atoms with van der Waals surface area (Å²) in [5, 5.41) is 0.727. The van der Waals surface area contributed by atoms with Crippen molar-refractivity contribution in [2.24, 2.45) is 0 Å². The third-order valence-electron chi connectivity index (χ3n) is 4.64. The predicted octanol–water partition coefficient (Wildman–Crippen LogP) is 5.25. The second-order valence-corrected chi connectivity index (χ2v) is 7.12. The Morgan fingerprint density at radius 3 is 2.68 bits per heavy atom. The highest BCUT2D eigenvalue weighted by Crippen LogP contribution is 2.21. The van der Waals surface area contributed by atoms with E-state index < -0.39 is 0 Å². The van der Waals surface area contributed by atoms with Gasteiger partial charge in [0.25, 0.3) is 5.91 Å². The normalized spacial score (nSPS) is 10.7. The summed E-state index contributed by atoms with van der Waals surface area (Å²) in [5.74, 6) is 0.581. The lowest BCUT2D eigenvalue weighted by molar-refractivity contribution is 0.0736. The Labute approximate surface area is 171 Å². The number of rotatable bonds is 8. The zero-order valence-electron chi connectivity index (χ0n) is 16.3. The summed E-state index contributed by atoms with van der Waals surface area (Å²) >= 11 is 6.11. The van der Waals surface area contributed by atoms with Crippen LogP contribution < -0.4 is 4.74 Å². The molecule has 0 unspecified atom stereocenters. The fraction of sp³-hybridized carbons (Fsp3) is 0.261. The minimum Gasteiger partial charge on any atom is -0.496 e. The van der Waals surface area contributed by atoms with Gasteiger partial charge in [0.2, 0.25) is 0 Å². The molecule has 3 aromatic rings. The molecule has 0 fully saturated rings. The molecule has 0 atom stereocenters. The van der Waals surface area contributed by atoms with E-state index in [0.29, 0.717) is 30.9 Å². The minimum absolute atomic E-state index is 0.0187. The second kappa shape index (κ2) is 9.47. The van der Waals surface area contributed by atoms with E-state index in [1.54, 1.807) is 7.11 Å². The Morgan fingerprint density at radius 1 is 1.11 bits per heavy atom. The average Bonchev–Trinajstić information content (AvgIpc) is 3.13. The van der Waals surface area contributed by atoms with Crippen molar-refractivity contribution in [2.45, 2.75) is 26.4 Å². The van der Waals surface area contributed by atoms with Crippen molar-refractivity contribution >= 4 is 17.5 Å². The summed E-state index contributed by atoms with van der Waals surface area (Å²) in [6.45, 7) is 4.01. The third kappa shape index (κ3) is 4.76. The molecule has 0 saturated heterocycles. The molecule has 4 nitrogen and oxygen atoms in total. The topological polar surface area (TPSA) is 34.5 Å². The van der Waals surface area contributed by atoms with Crippen molar-refractivity contribution in [2.75, 3.05) is 13.7 Å². The molecule has 5 heteroatoms. The summed E-state index contributed by atoms with van der Waals surface area (Å²) in [7, 11) is 1.59. The van der Waals surface area contributed by atoms with Crippen molar-refractivity contribution < 1.29 is 9.53 Å². The standard InChI is InChI=1S/C23H25ClN2O2/c1-3-13-26(23(27)21-11-4-5-12-22(21)28-2)17-20-10-7-14-25(20)16-18-8-6-9-19(24)15-18/h4-12,14-15H,3,13,16-17H2,1-2H3. The SMILES string of the molecule is CCCN(Cc1cccn1Cc1cccc(Cl)c1)C(=O)c1ccccc1OC. The Morgan fingerprint density at radius 2 is 1.93 bits per heavy atom. The Balaban J connectivity index is 1.82. The quantitative estimate of drug-likeness (QED) is 0.521. The molecule has 0 aliphatic rings. The highest BCUT2D eigenvalue weighted by atomic mass is 35.5. The van der Waals surface area contributed by atoms with Crippen LogP contribution in [0.5, 0.6) is 5.75 Å². The van der Waals surface area contributed by atoms with Gasteiger partial charge in [0.15, 0.2) is 0 Å². The van der Waals surface area contributed by atoms with Crippen molar-refractivity contribution in [1.82, 2.24) is 9.47 Å². The molecule has 0 aliphatic heterocycles. The van der Waals surface area contributed by atoms with Crippen molar-refractivity contribution in [3.05, 3.63) is 88.7 Å². The maximum Gasteiger partial charge on any atom is 0.257 e. The average molecular weight is 397 g/mol. The highest BCUT2D eigenvalue weighted by molar-refractivity contribution is 6.30. The van der Waals surface area contributed by atoms with Gasteiger partial charge in [0, 0.05) is 30.0 Å². The largest absolute Gasteiger partial charge is 0.496 e. The van der Waals surface area contributed by atoms with Crippen LogP contribution in [0.4, 0.5) is 0 Å². The lowest BCUT2D eigenvalue weighted by Crippen LogP contribution is -2.32. The maximum atomic E-state index is 13.2. The van der Waals surface area contributed by atoms with E-state index >= 15 is 0 Å². The number of methoxy groups -OCH3 is 1. The Hall–Kier alpha value is -2.72. The fourth-order valence-corrected chi connectivity index (χ4v) is 3.50. The van der Waals surface area contributed by atoms with Crippen molar-refractivity contribution in [3.8, 4) is 5.75 Å². The lowest BCUT2D eigenvalue weighted by Gasteiger charge is -2.24. The van der Waals surface area contributed by atoms with Crippen LogP contribution in [0.25, 0.3) is 0 Å². The molecule has 3 rings (SSSR count). The molecule has 0 spiro atoms. The van der Waals surface area contributed by atoms with E-state index in [1.807, 2.05) is 59.6 Å². The van der Waals surface area contributed by atoms with Gasteiger partial charge in [-0.3, -0.25) is 4.79 Å². The van der Waals surface area contributed by atoms with Gasteiger partial charge in [-0.05, 0) is 48.4 Å². The van der Waals surface area contributed by atoms with Gasteiger partial charge in [-0.1, -0.05) is 42.8 Å². The number of para-hydroxylation sites is 1. The number of nitrogens with zero attached hydrogens (tertiary/aromatic N) is 2. The van der Waals surface area contributed by atoms with Crippen LogP contribution in [0.15, 0.2) is 66.9 Å². The molecule has 1 amide bonds. The number of halogens is 1. The number of amides is 1. The van der Waals surface area contributed by atoms with Crippen LogP contribution >= 0.6 is 11.6 Å². The van der Waals surface area contributed by atoms with E-state index in [0.717, 1.165) is 22.7 Å². The summed E-state index contributed by atoms with van der Waals surface area (Å²) in [6.07, 6.45) is 2.92. The first-order valence-corrected chi connectivity index (χ1v) is 9.81. The van der Waals surface area contributed by atoms with Gasteiger partial charge >= 0.3 is 0 Å². The van der Waals surface area contributed by atoms with Crippen LogP contribution in [0.1, 0.15) is 35.0 Å². The third-order valence-corrected chi connectivity index (χ3v) is 4.87. The molecule has 2 aromatic carbocycles. The number of ether oxygens (including phenoxy) is 1. The van der Waals surface area contributed by atoms with E-state index in [2.05, 4.69) is 23.6 Å². The zero-order chi connectivity index (χ0) is 19.9. The second-order valence-electron chi connectivity index (χ2n) is 6.68. The molecule has 0 saturated carbocycles. The van der Waals surface area contributed by atoms with Crippen molar-refractivity contribution in [3.63, 3.8) is 0 Å². The minimum atomic E-state index is -0.0187. The molecule has 0 bridgehead atoms. The Bertz CT molecular complexity index is 936. The molecule has 1 heterocycles. The Kier molecular flexibility index (Phi) is 6.77. The summed E-state index contributed by atoms with van der Waals surface area (Å²) in [4.78, 5) is 15.1. The molecule has 0 N–H and O–H groups in total. The number of benzene rings is 2. The summed E-state index contributed by atoms with van der Waals surface area (Å²) in [5.41, 5.74) is 2.80. The molecular formula is C23H25ClN2O2. The molecule has 0 aliphatic carbocycles. The van der Waals surface area contributed by atoms with Gasteiger partial charge in [-0.25, -0.2) is 0 Å². The van der Waals surface area contributed by atoms with Gasteiger partial charge < -0.3 is 14.2 Å². The molecule has 0 radical (unpaired) electrons. The molecular weight excluding hydrogens is 372 g/mol. The maximum absolute atomic E-state index is 13.2. The zero-order valence-corrected chi connectivity index (χ0v) is 17.0. The first-order valence-electron chi connectivity index (χ1n) is 9.43. The predicted molar refractivity (Wildman–Crippen MR) is 113 cm³/mol. The number of hydrogen-bond acceptors (Lipinski definition) is 2. The monoisotopic (exact) mass is 396 g/mol. The molecule has 28 heavy (non-hydrogen) atoms. The first-order chi connectivity index (χ1) is 13.6. The van der Waals surface area contributed by atoms with Crippen LogP contribution in [-0.2, 0) is 13.1 Å². The number of aromatic nitrogens is 1. The van der Waals surface area contributed by atoms with E-state index in [9.17, 15) is 4.79 Å². The van der Waals surface area contributed by atoms with E-state index in [1.165, 1.54) is 0 Å². The fourth-order valence-electron chi connectivity index (χ4n) is 3.29. The smallest absolute Gasteiger partial charge is 0.257 e. The highest BCUT2D eigenvalue weighted by Gasteiger charge is 2.20. The van der Waals surface area contributed by atoms with E-state index in [-0.39, 0.29) is 5.91 Å². The van der Waals surface area contributed by atoms with Crippen LogP contribution in [0.3, 0.4) is 0 Å². The van der Waals surface area contributed by atoms with Crippen LogP contribution in [0, 0.1) is 0 Å². The number of carbonyl (C=O) groups is 1. The van der Waals surface area contributed by atoms with Gasteiger partial charge in [0.1, 0.15) is 5.75 Å². The molecule has 146 valence electrons. The summed E-state index contributed by atoms with van der Waals surface area (Å²) in [6, 6.07) is 19.3. The molecule has 1 aromatic heterocycles. The number of hydrogen-bond donors (Lipinski definition) is 0. The first kappa shape index (κ1) is 20.0. The van der Waals surface area contributed by atoms with Crippen molar-refractivity contribution in [1.29, 1.82) is 0 Å². The van der Waals surface area contributed by atoms with Gasteiger partial charge in [-0.15, -0.1) is 0 Å². The van der Waals surface area contributed by atoms with E-state index in [4.69, 9.17) is 16.3 Å². The number of carbonyl (C=O) groups excluding carboxylic acids is 1. The summed E-state index contributed by atoms with van der Waals surface area (Å²) < 4.78 is 7.54. The van der Waals surface area contributed by atoms with Gasteiger partial charge in [-0.2, -0.15) is 0 Å².